The molecule has 1 aliphatic rings. The number of nitrogens with one attached hydrogen (secondary N) is 1. The fourth-order valence-electron chi connectivity index (χ4n) is 1.46. The minimum Gasteiger partial charge on any atom is -0.355 e. The van der Waals surface area contributed by atoms with Gasteiger partial charge in [0.05, 0.1) is 5.57 Å². The van der Waals surface area contributed by atoms with Crippen molar-refractivity contribution < 1.29 is 13.2 Å². The molecule has 1 fully saturated rings. The Morgan fingerprint density at radius 1 is 1.24 bits per heavy atom. The quantitative estimate of drug-likeness (QED) is 0.801. The Morgan fingerprint density at radius 2 is 1.76 bits per heavy atom. The highest BCUT2D eigenvalue weighted by Crippen LogP contribution is 2.24. The summed E-state index contributed by atoms with van der Waals surface area (Å²) in [4.78, 5) is 5.63. The number of allylic oxidation sites excluding steroid dienone is 2. The van der Waals surface area contributed by atoms with Crippen LogP contribution >= 0.6 is 0 Å². The summed E-state index contributed by atoms with van der Waals surface area (Å²) < 4.78 is 37.2. The molecule has 3 nitrogen and oxygen atoms in total. The van der Waals surface area contributed by atoms with Crippen molar-refractivity contribution in [2.24, 2.45) is 4.99 Å². The van der Waals surface area contributed by atoms with Crippen LogP contribution in [-0.2, 0) is 0 Å². The molecule has 122 valence electrons. The molecular weight excluding hydrogens is 279 g/mol. The van der Waals surface area contributed by atoms with E-state index < -0.39 is 11.7 Å². The second-order valence-corrected chi connectivity index (χ2v) is 4.65. The van der Waals surface area contributed by atoms with E-state index in [2.05, 4.69) is 30.7 Å². The lowest BCUT2D eigenvalue weighted by Gasteiger charge is -2.28. The molecule has 0 saturated carbocycles. The maximum Gasteiger partial charge on any atom is 0.417 e. The van der Waals surface area contributed by atoms with Gasteiger partial charge in [-0.2, -0.15) is 13.2 Å². The molecule has 0 bridgehead atoms. The maximum absolute atomic E-state index is 12.4. The second kappa shape index (κ2) is 10.4. The summed E-state index contributed by atoms with van der Waals surface area (Å²) >= 11 is 0. The van der Waals surface area contributed by atoms with Crippen LogP contribution in [0.4, 0.5) is 13.2 Å². The van der Waals surface area contributed by atoms with E-state index in [1.165, 1.54) is 19.8 Å². The number of unbranched alkanes of at least 4 members (excludes halogenated alkanes) is 1. The standard InChI is InChI=1S/C11H16F3N3.C4H10/c1-3-10(11(12,13)14)8-16-9(2)17-6-4-15-5-7-17;1-3-4-2/h3,8,15H,2,4-7H2,1H3;3-4H2,1-2H3/b10-3+,16-8-;. The first-order chi connectivity index (χ1) is 9.86. The van der Waals surface area contributed by atoms with Crippen LogP contribution in [0.25, 0.3) is 0 Å². The van der Waals surface area contributed by atoms with Gasteiger partial charge in [-0.05, 0) is 6.92 Å². The largest absolute Gasteiger partial charge is 0.417 e. The molecule has 0 aromatic rings. The van der Waals surface area contributed by atoms with Crippen LogP contribution in [0.15, 0.2) is 29.0 Å². The van der Waals surface area contributed by atoms with E-state index in [-0.39, 0.29) is 0 Å². The number of piperazine rings is 1. The minimum atomic E-state index is -4.36. The van der Waals surface area contributed by atoms with Gasteiger partial charge in [-0.1, -0.05) is 39.3 Å². The Hall–Kier alpha value is -1.30. The van der Waals surface area contributed by atoms with Crippen molar-refractivity contribution >= 4 is 6.21 Å². The van der Waals surface area contributed by atoms with E-state index in [4.69, 9.17) is 0 Å². The van der Waals surface area contributed by atoms with E-state index in [1.54, 1.807) is 0 Å². The third kappa shape index (κ3) is 8.55. The summed E-state index contributed by atoms with van der Waals surface area (Å²) in [6.07, 6.45) is 0.0981. The van der Waals surface area contributed by atoms with Gasteiger partial charge in [0.1, 0.15) is 5.82 Å². The van der Waals surface area contributed by atoms with Crippen LogP contribution in [0, 0.1) is 0 Å². The van der Waals surface area contributed by atoms with Crippen LogP contribution in [0.2, 0.25) is 0 Å². The van der Waals surface area contributed by atoms with Crippen molar-refractivity contribution in [1.82, 2.24) is 10.2 Å². The van der Waals surface area contributed by atoms with Crippen molar-refractivity contribution in [1.29, 1.82) is 0 Å². The third-order valence-electron chi connectivity index (χ3n) is 2.97. The van der Waals surface area contributed by atoms with Gasteiger partial charge < -0.3 is 10.2 Å². The van der Waals surface area contributed by atoms with Crippen LogP contribution in [0.1, 0.15) is 33.6 Å². The second-order valence-electron chi connectivity index (χ2n) is 4.65. The van der Waals surface area contributed by atoms with Crippen molar-refractivity contribution in [3.63, 3.8) is 0 Å². The molecule has 0 amide bonds. The molecule has 1 N–H and O–H groups in total. The van der Waals surface area contributed by atoms with E-state index >= 15 is 0 Å². The molecule has 0 aromatic carbocycles. The predicted molar refractivity (Wildman–Crippen MR) is 82.5 cm³/mol. The van der Waals surface area contributed by atoms with Crippen molar-refractivity contribution in [2.45, 2.75) is 39.8 Å². The lowest BCUT2D eigenvalue weighted by molar-refractivity contribution is -0.0857. The molecule has 0 spiro atoms. The Kier molecular flexibility index (Phi) is 9.78. The predicted octanol–water partition coefficient (Wildman–Crippen LogP) is 3.75. The summed E-state index contributed by atoms with van der Waals surface area (Å²) in [5, 5.41) is 3.14. The summed E-state index contributed by atoms with van der Waals surface area (Å²) in [6, 6.07) is 0. The highest BCUT2D eigenvalue weighted by Gasteiger charge is 2.31. The summed E-state index contributed by atoms with van der Waals surface area (Å²) in [6.45, 7) is 12.4. The molecule has 0 unspecified atom stereocenters. The topological polar surface area (TPSA) is 27.6 Å². The van der Waals surface area contributed by atoms with Crippen LogP contribution in [-0.4, -0.2) is 43.5 Å². The summed E-state index contributed by atoms with van der Waals surface area (Å²) in [5.74, 6) is 0.370. The van der Waals surface area contributed by atoms with Crippen molar-refractivity contribution in [3.8, 4) is 0 Å². The molecule has 0 aromatic heterocycles. The van der Waals surface area contributed by atoms with E-state index in [1.807, 2.05) is 4.90 Å². The van der Waals surface area contributed by atoms with Gasteiger partial charge in [-0.15, -0.1) is 0 Å². The van der Waals surface area contributed by atoms with Crippen LogP contribution in [0.5, 0.6) is 0 Å². The van der Waals surface area contributed by atoms with Gasteiger partial charge >= 0.3 is 6.18 Å². The number of hydrogen-bond donors (Lipinski definition) is 1. The van der Waals surface area contributed by atoms with Gasteiger partial charge in [-0.3, -0.25) is 0 Å². The zero-order valence-corrected chi connectivity index (χ0v) is 13.1. The van der Waals surface area contributed by atoms with Gasteiger partial charge in [0.2, 0.25) is 0 Å². The number of alkyl halides is 3. The minimum absolute atomic E-state index is 0.370. The molecule has 1 aliphatic heterocycles. The van der Waals surface area contributed by atoms with Gasteiger partial charge in [0, 0.05) is 32.4 Å². The first kappa shape index (κ1) is 19.7. The molecule has 1 saturated heterocycles. The van der Waals surface area contributed by atoms with Crippen molar-refractivity contribution in [3.05, 3.63) is 24.0 Å². The van der Waals surface area contributed by atoms with Gasteiger partial charge in [-0.25, -0.2) is 4.99 Å². The summed E-state index contributed by atoms with van der Waals surface area (Å²) in [5.41, 5.74) is -0.756. The zero-order chi connectivity index (χ0) is 16.3. The Bertz CT molecular complexity index is 352. The van der Waals surface area contributed by atoms with E-state index in [9.17, 15) is 13.2 Å². The maximum atomic E-state index is 12.4. The van der Waals surface area contributed by atoms with Crippen LogP contribution in [0.3, 0.4) is 0 Å². The number of aliphatic imine (C=N–C) groups is 1. The average Bonchev–Trinajstić information content (AvgIpc) is 2.47. The first-order valence-corrected chi connectivity index (χ1v) is 7.28. The Morgan fingerprint density at radius 3 is 2.14 bits per heavy atom. The fraction of sp³-hybridized carbons (Fsp3) is 0.667. The van der Waals surface area contributed by atoms with Crippen LogP contribution < -0.4 is 5.32 Å². The van der Waals surface area contributed by atoms with E-state index in [0.717, 1.165) is 25.4 Å². The van der Waals surface area contributed by atoms with Gasteiger partial charge in [0.15, 0.2) is 0 Å². The molecule has 0 radical (unpaired) electrons. The normalized spacial score (nSPS) is 16.7. The Balaban J connectivity index is 0.000000885. The first-order valence-electron chi connectivity index (χ1n) is 7.28. The number of halogens is 3. The fourth-order valence-corrected chi connectivity index (χ4v) is 1.46. The zero-order valence-electron chi connectivity index (χ0n) is 13.1. The monoisotopic (exact) mass is 305 g/mol. The SMILES string of the molecule is C=C(/N=C\C(=C/C)C(F)(F)F)N1CCNCC1.CCCC. The lowest BCUT2D eigenvalue weighted by atomic mass is 10.3. The number of hydrogen-bond acceptors (Lipinski definition) is 3. The molecule has 21 heavy (non-hydrogen) atoms. The highest BCUT2D eigenvalue weighted by molar-refractivity contribution is 5.80. The Labute approximate surface area is 125 Å². The lowest BCUT2D eigenvalue weighted by Crippen LogP contribution is -2.42. The number of nitrogens with zero attached hydrogens (tertiary/aromatic N) is 2. The average molecular weight is 305 g/mol. The van der Waals surface area contributed by atoms with Gasteiger partial charge in [0.25, 0.3) is 0 Å². The molecule has 6 heteroatoms. The molecule has 1 rings (SSSR count). The molecule has 1 heterocycles. The number of rotatable bonds is 4. The molecular formula is C15H26F3N3. The highest BCUT2D eigenvalue weighted by atomic mass is 19.4. The van der Waals surface area contributed by atoms with Crippen molar-refractivity contribution in [2.75, 3.05) is 26.2 Å². The van der Waals surface area contributed by atoms with E-state index in [0.29, 0.717) is 18.9 Å². The molecule has 0 atom stereocenters. The summed E-state index contributed by atoms with van der Waals surface area (Å²) in [7, 11) is 0. The third-order valence-corrected chi connectivity index (χ3v) is 2.97. The molecule has 0 aliphatic carbocycles. The smallest absolute Gasteiger partial charge is 0.355 e.